The van der Waals surface area contributed by atoms with Gasteiger partial charge in [0.05, 0.1) is 6.20 Å². The van der Waals surface area contributed by atoms with Gasteiger partial charge in [-0.2, -0.15) is 0 Å². The first kappa shape index (κ1) is 24.6. The second kappa shape index (κ2) is 11.2. The molecule has 2 aromatic rings. The molecule has 1 amide bonds. The molecule has 0 saturated carbocycles. The van der Waals surface area contributed by atoms with Crippen LogP contribution in [0.5, 0.6) is 0 Å². The number of carbonyl (C=O) groups excluding carboxylic acids is 1. The van der Waals surface area contributed by atoms with Crippen LogP contribution < -0.4 is 0 Å². The molecule has 33 heavy (non-hydrogen) atoms. The third kappa shape index (κ3) is 5.85. The number of likely N-dealkylation sites (tertiary alicyclic amines) is 1. The Bertz CT molecular complexity index is 993. The molecule has 0 bridgehead atoms. The lowest BCUT2D eigenvalue weighted by Gasteiger charge is -2.42. The highest BCUT2D eigenvalue weighted by Gasteiger charge is 2.41. The molecule has 1 aliphatic heterocycles. The largest absolute Gasteiger partial charge is 0.341 e. The van der Waals surface area contributed by atoms with Crippen LogP contribution in [0.3, 0.4) is 0 Å². The zero-order valence-corrected chi connectivity index (χ0v) is 20.0. The number of aliphatic imine (C=N–C) groups is 1. The molecular formula is C26H34FN5O. The Hall–Kier alpha value is -3.06. The van der Waals surface area contributed by atoms with Gasteiger partial charge in [0.2, 0.25) is 5.96 Å². The van der Waals surface area contributed by atoms with Crippen molar-refractivity contribution in [2.24, 2.45) is 4.99 Å². The zero-order valence-electron chi connectivity index (χ0n) is 20.0. The van der Waals surface area contributed by atoms with Crippen molar-refractivity contribution in [2.75, 3.05) is 40.8 Å². The minimum Gasteiger partial charge on any atom is -0.341 e. The molecule has 1 saturated heterocycles. The van der Waals surface area contributed by atoms with E-state index in [0.717, 1.165) is 45.1 Å². The molecule has 7 heteroatoms. The number of hydrogen-bond acceptors (Lipinski definition) is 4. The van der Waals surface area contributed by atoms with E-state index in [-0.39, 0.29) is 11.4 Å². The van der Waals surface area contributed by atoms with Crippen LogP contribution in [-0.2, 0) is 11.2 Å². The Morgan fingerprint density at radius 3 is 2.67 bits per heavy atom. The summed E-state index contributed by atoms with van der Waals surface area (Å²) >= 11 is 0. The number of likely N-dealkylation sites (N-methyl/N-ethyl adjacent to an activating group) is 3. The van der Waals surface area contributed by atoms with Gasteiger partial charge in [0.15, 0.2) is 0 Å². The topological polar surface area (TPSA) is 52.0 Å². The predicted molar refractivity (Wildman–Crippen MR) is 131 cm³/mol. The van der Waals surface area contributed by atoms with Crippen molar-refractivity contribution in [3.8, 4) is 0 Å². The Labute approximate surface area is 196 Å². The summed E-state index contributed by atoms with van der Waals surface area (Å²) in [4.78, 5) is 27.3. The fraction of sp³-hybridized carbons (Fsp3) is 0.423. The fourth-order valence-corrected chi connectivity index (χ4v) is 4.60. The van der Waals surface area contributed by atoms with Crippen molar-refractivity contribution in [2.45, 2.75) is 31.7 Å². The third-order valence-corrected chi connectivity index (χ3v) is 6.51. The van der Waals surface area contributed by atoms with E-state index in [1.54, 1.807) is 14.1 Å². The maximum atomic E-state index is 13.9. The second-order valence-corrected chi connectivity index (χ2v) is 8.58. The lowest BCUT2D eigenvalue weighted by Crippen LogP contribution is -2.56. The molecule has 1 unspecified atom stereocenters. The van der Waals surface area contributed by atoms with Crippen molar-refractivity contribution in [3.05, 3.63) is 71.8 Å². The van der Waals surface area contributed by atoms with E-state index in [9.17, 15) is 9.18 Å². The summed E-state index contributed by atoms with van der Waals surface area (Å²) in [5.74, 6) is -0.117. The Morgan fingerprint density at radius 1 is 1.30 bits per heavy atom. The van der Waals surface area contributed by atoms with Crippen LogP contribution in [0.25, 0.3) is 6.08 Å². The lowest BCUT2D eigenvalue weighted by molar-refractivity contribution is -0.121. The predicted octanol–water partition coefficient (Wildman–Crippen LogP) is 3.71. The average molecular weight is 452 g/mol. The molecular weight excluding hydrogens is 417 g/mol. The third-order valence-electron chi connectivity index (χ3n) is 6.51. The van der Waals surface area contributed by atoms with Crippen LogP contribution in [0.2, 0.25) is 0 Å². The van der Waals surface area contributed by atoms with Gasteiger partial charge in [-0.1, -0.05) is 30.3 Å². The van der Waals surface area contributed by atoms with Gasteiger partial charge in [0.25, 0.3) is 5.91 Å². The number of aromatic nitrogens is 1. The summed E-state index contributed by atoms with van der Waals surface area (Å²) in [7, 11) is 5.60. The number of pyridine rings is 1. The van der Waals surface area contributed by atoms with Gasteiger partial charge in [-0.15, -0.1) is 0 Å². The van der Waals surface area contributed by atoms with Crippen LogP contribution in [0.15, 0.2) is 59.9 Å². The molecule has 1 fully saturated rings. The van der Waals surface area contributed by atoms with Crippen molar-refractivity contribution in [3.63, 3.8) is 0 Å². The van der Waals surface area contributed by atoms with E-state index in [4.69, 9.17) is 0 Å². The summed E-state index contributed by atoms with van der Waals surface area (Å²) < 4.78 is 13.9. The maximum absolute atomic E-state index is 13.9. The summed E-state index contributed by atoms with van der Waals surface area (Å²) in [5, 5.41) is 0. The number of nitrogens with zero attached hydrogens (tertiary/aromatic N) is 5. The zero-order chi connectivity index (χ0) is 23.8. The first-order chi connectivity index (χ1) is 15.9. The maximum Gasteiger partial charge on any atom is 0.253 e. The molecule has 1 atom stereocenters. The van der Waals surface area contributed by atoms with Crippen LogP contribution in [0.4, 0.5) is 4.39 Å². The highest BCUT2D eigenvalue weighted by atomic mass is 19.1. The quantitative estimate of drug-likeness (QED) is 0.366. The molecule has 2 heterocycles. The highest BCUT2D eigenvalue weighted by Crippen LogP contribution is 2.32. The first-order valence-corrected chi connectivity index (χ1v) is 11.4. The van der Waals surface area contributed by atoms with E-state index in [0.29, 0.717) is 11.5 Å². The monoisotopic (exact) mass is 451 g/mol. The lowest BCUT2D eigenvalue weighted by atomic mass is 9.87. The Balaban J connectivity index is 1.78. The van der Waals surface area contributed by atoms with Gasteiger partial charge in [-0.3, -0.25) is 24.6 Å². The smallest absolute Gasteiger partial charge is 0.253 e. The molecule has 0 radical (unpaired) electrons. The second-order valence-electron chi connectivity index (χ2n) is 8.58. The molecule has 6 nitrogen and oxygen atoms in total. The molecule has 0 N–H and O–H groups in total. The SMILES string of the molecule is CCN(CC1(Cc2ccccc2)CCCN1C)C(=NC)N(C)C(=O)/C=C/c1ccncc1F. The van der Waals surface area contributed by atoms with E-state index in [2.05, 4.69) is 58.0 Å². The number of rotatable bonds is 7. The molecule has 1 aromatic carbocycles. The van der Waals surface area contributed by atoms with Crippen LogP contribution in [0.1, 0.15) is 30.9 Å². The first-order valence-electron chi connectivity index (χ1n) is 11.4. The van der Waals surface area contributed by atoms with Gasteiger partial charge < -0.3 is 4.90 Å². The molecule has 0 spiro atoms. The van der Waals surface area contributed by atoms with Gasteiger partial charge in [-0.05, 0) is 57.5 Å². The standard InChI is InChI=1S/C26H34FN5O/c1-5-32(20-26(15-9-17-30(26)3)18-21-10-7-6-8-11-21)25(28-2)31(4)24(33)13-12-22-14-16-29-19-23(22)27/h6-8,10-14,16,19H,5,9,15,17-18,20H2,1-4H3/b13-12+,28-25?. The summed E-state index contributed by atoms with van der Waals surface area (Å²) in [6, 6.07) is 12.1. The Morgan fingerprint density at radius 2 is 2.06 bits per heavy atom. The van der Waals surface area contributed by atoms with Crippen LogP contribution in [-0.4, -0.2) is 77.9 Å². The van der Waals surface area contributed by atoms with Crippen molar-refractivity contribution < 1.29 is 9.18 Å². The van der Waals surface area contributed by atoms with Gasteiger partial charge in [0, 0.05) is 50.6 Å². The minimum absolute atomic E-state index is 0.0345. The van der Waals surface area contributed by atoms with Crippen molar-refractivity contribution in [1.29, 1.82) is 0 Å². The van der Waals surface area contributed by atoms with E-state index in [1.165, 1.54) is 34.9 Å². The van der Waals surface area contributed by atoms with Gasteiger partial charge in [0.1, 0.15) is 5.82 Å². The van der Waals surface area contributed by atoms with E-state index >= 15 is 0 Å². The minimum atomic E-state index is -0.462. The summed E-state index contributed by atoms with van der Waals surface area (Å²) in [5.41, 5.74) is 1.60. The summed E-state index contributed by atoms with van der Waals surface area (Å²) in [6.07, 6.45) is 8.66. The number of hydrogen-bond donors (Lipinski definition) is 0. The number of halogens is 1. The van der Waals surface area contributed by atoms with E-state index in [1.807, 2.05) is 6.07 Å². The highest BCUT2D eigenvalue weighted by molar-refractivity contribution is 6.03. The normalized spacial score (nSPS) is 19.2. The number of guanidine groups is 1. The molecule has 1 aliphatic rings. The summed E-state index contributed by atoms with van der Waals surface area (Å²) in [6.45, 7) is 4.62. The number of benzene rings is 1. The van der Waals surface area contributed by atoms with Gasteiger partial charge >= 0.3 is 0 Å². The average Bonchev–Trinajstić information content (AvgIpc) is 3.17. The van der Waals surface area contributed by atoms with E-state index < -0.39 is 5.82 Å². The van der Waals surface area contributed by atoms with Gasteiger partial charge in [-0.25, -0.2) is 4.39 Å². The molecule has 1 aromatic heterocycles. The van der Waals surface area contributed by atoms with Crippen LogP contribution >= 0.6 is 0 Å². The Kier molecular flexibility index (Phi) is 8.33. The van der Waals surface area contributed by atoms with Crippen LogP contribution in [0, 0.1) is 5.82 Å². The number of amides is 1. The molecule has 0 aliphatic carbocycles. The molecule has 3 rings (SSSR count). The fourth-order valence-electron chi connectivity index (χ4n) is 4.60. The van der Waals surface area contributed by atoms with Crippen molar-refractivity contribution in [1.82, 2.24) is 19.7 Å². The molecule has 176 valence electrons. The van der Waals surface area contributed by atoms with Crippen molar-refractivity contribution >= 4 is 17.9 Å². The number of carbonyl (C=O) groups is 1.